The van der Waals surface area contributed by atoms with Gasteiger partial charge in [0.05, 0.1) is 0 Å². The molecule has 0 bridgehead atoms. The van der Waals surface area contributed by atoms with Gasteiger partial charge in [0.2, 0.25) is 0 Å². The van der Waals surface area contributed by atoms with Gasteiger partial charge in [0, 0.05) is 12.0 Å². The topological polar surface area (TPSA) is 43.7 Å². The number of nitrogens with zero attached hydrogens (tertiary/aromatic N) is 1. The first kappa shape index (κ1) is 12.5. The zero-order valence-electron chi connectivity index (χ0n) is 9.77. The largest absolute Gasteiger partial charge is 0.491 e. The highest BCUT2D eigenvalue weighted by molar-refractivity contribution is 6.58. The van der Waals surface area contributed by atoms with Crippen LogP contribution in [0.1, 0.15) is 24.8 Å². The van der Waals surface area contributed by atoms with Crippen molar-refractivity contribution in [1.29, 1.82) is 0 Å². The minimum absolute atomic E-state index is 0.0626. The number of rotatable bonds is 3. The van der Waals surface area contributed by atoms with Gasteiger partial charge in [-0.1, -0.05) is 18.6 Å². The zero-order valence-corrected chi connectivity index (χ0v) is 9.77. The van der Waals surface area contributed by atoms with Crippen molar-refractivity contribution in [2.24, 2.45) is 0 Å². The minimum atomic E-state index is -1.74. The van der Waals surface area contributed by atoms with Gasteiger partial charge in [0.1, 0.15) is 5.82 Å². The Balaban J connectivity index is 2.04. The normalized spacial score (nSPS) is 17.1. The first-order valence-corrected chi connectivity index (χ1v) is 6.03. The SMILES string of the molecule is OB(O)c1ccc(CN2CCCCC2)cc1F. The Morgan fingerprint density at radius 3 is 2.47 bits per heavy atom. The van der Waals surface area contributed by atoms with Gasteiger partial charge in [-0.2, -0.15) is 0 Å². The fourth-order valence-electron chi connectivity index (χ4n) is 2.25. The van der Waals surface area contributed by atoms with Gasteiger partial charge in [-0.3, -0.25) is 4.90 Å². The molecule has 1 aromatic carbocycles. The first-order chi connectivity index (χ1) is 8.16. The molecule has 1 fully saturated rings. The lowest BCUT2D eigenvalue weighted by atomic mass is 9.79. The summed E-state index contributed by atoms with van der Waals surface area (Å²) in [5.41, 5.74) is 0.821. The van der Waals surface area contributed by atoms with Gasteiger partial charge in [0.25, 0.3) is 0 Å². The van der Waals surface area contributed by atoms with Crippen LogP contribution >= 0.6 is 0 Å². The average Bonchev–Trinajstić information content (AvgIpc) is 2.30. The van der Waals surface area contributed by atoms with Gasteiger partial charge in [-0.15, -0.1) is 0 Å². The van der Waals surface area contributed by atoms with E-state index < -0.39 is 12.9 Å². The van der Waals surface area contributed by atoms with E-state index in [1.54, 1.807) is 6.07 Å². The van der Waals surface area contributed by atoms with Gasteiger partial charge in [-0.05, 0) is 37.6 Å². The van der Waals surface area contributed by atoms with Crippen LogP contribution in [0.2, 0.25) is 0 Å². The summed E-state index contributed by atoms with van der Waals surface area (Å²) in [5.74, 6) is -0.547. The fraction of sp³-hybridized carbons (Fsp3) is 0.500. The van der Waals surface area contributed by atoms with E-state index in [0.29, 0.717) is 0 Å². The van der Waals surface area contributed by atoms with E-state index in [0.717, 1.165) is 25.2 Å². The van der Waals surface area contributed by atoms with E-state index in [-0.39, 0.29) is 5.46 Å². The molecule has 0 aliphatic carbocycles. The highest BCUT2D eigenvalue weighted by Gasteiger charge is 2.17. The minimum Gasteiger partial charge on any atom is -0.423 e. The molecule has 2 rings (SSSR count). The van der Waals surface area contributed by atoms with Crippen LogP contribution in [0, 0.1) is 5.82 Å². The Hall–Kier alpha value is -0.905. The molecule has 1 saturated heterocycles. The van der Waals surface area contributed by atoms with Crippen LogP contribution in [0.3, 0.4) is 0 Å². The van der Waals surface area contributed by atoms with Crippen molar-refractivity contribution in [2.75, 3.05) is 13.1 Å². The van der Waals surface area contributed by atoms with Crippen molar-refractivity contribution in [3.8, 4) is 0 Å². The number of hydrogen-bond donors (Lipinski definition) is 2. The molecule has 0 aromatic heterocycles. The zero-order chi connectivity index (χ0) is 12.3. The summed E-state index contributed by atoms with van der Waals surface area (Å²) < 4.78 is 13.5. The van der Waals surface area contributed by atoms with Crippen molar-refractivity contribution >= 4 is 12.6 Å². The number of likely N-dealkylation sites (tertiary alicyclic amines) is 1. The molecule has 17 heavy (non-hydrogen) atoms. The maximum absolute atomic E-state index is 13.5. The maximum atomic E-state index is 13.5. The average molecular weight is 237 g/mol. The lowest BCUT2D eigenvalue weighted by Gasteiger charge is -2.26. The molecular formula is C12H17BFNO2. The van der Waals surface area contributed by atoms with Crippen LogP contribution in [0.5, 0.6) is 0 Å². The molecule has 0 amide bonds. The van der Waals surface area contributed by atoms with Crippen molar-refractivity contribution in [3.05, 3.63) is 29.6 Å². The van der Waals surface area contributed by atoms with E-state index in [1.165, 1.54) is 31.4 Å². The molecule has 0 unspecified atom stereocenters. The van der Waals surface area contributed by atoms with Crippen LogP contribution < -0.4 is 5.46 Å². The quantitative estimate of drug-likeness (QED) is 0.752. The van der Waals surface area contributed by atoms with Crippen molar-refractivity contribution in [2.45, 2.75) is 25.8 Å². The number of halogens is 1. The van der Waals surface area contributed by atoms with E-state index in [9.17, 15) is 4.39 Å². The second-order valence-corrected chi connectivity index (χ2v) is 4.57. The van der Waals surface area contributed by atoms with Crippen molar-refractivity contribution < 1.29 is 14.4 Å². The Bertz CT molecular complexity index is 381. The summed E-state index contributed by atoms with van der Waals surface area (Å²) in [6.45, 7) is 2.86. The third kappa shape index (κ3) is 3.28. The Morgan fingerprint density at radius 2 is 1.88 bits per heavy atom. The van der Waals surface area contributed by atoms with Crippen LogP contribution in [0.15, 0.2) is 18.2 Å². The second kappa shape index (κ2) is 5.62. The van der Waals surface area contributed by atoms with Crippen molar-refractivity contribution in [1.82, 2.24) is 4.90 Å². The van der Waals surface area contributed by atoms with Crippen LogP contribution in [-0.4, -0.2) is 35.2 Å². The predicted molar refractivity (Wildman–Crippen MR) is 65.4 cm³/mol. The van der Waals surface area contributed by atoms with Crippen LogP contribution in [0.4, 0.5) is 4.39 Å². The van der Waals surface area contributed by atoms with Crippen molar-refractivity contribution in [3.63, 3.8) is 0 Å². The summed E-state index contributed by atoms with van der Waals surface area (Å²) in [6.07, 6.45) is 3.69. The highest BCUT2D eigenvalue weighted by atomic mass is 19.1. The molecule has 1 aliphatic heterocycles. The Kier molecular flexibility index (Phi) is 4.15. The number of piperidine rings is 1. The Labute approximate surface area is 101 Å². The lowest BCUT2D eigenvalue weighted by molar-refractivity contribution is 0.220. The summed E-state index contributed by atoms with van der Waals surface area (Å²) >= 11 is 0. The molecule has 5 heteroatoms. The highest BCUT2D eigenvalue weighted by Crippen LogP contribution is 2.13. The van der Waals surface area contributed by atoms with Gasteiger partial charge < -0.3 is 10.0 Å². The second-order valence-electron chi connectivity index (χ2n) is 4.57. The van der Waals surface area contributed by atoms with E-state index >= 15 is 0 Å². The van der Waals surface area contributed by atoms with E-state index in [2.05, 4.69) is 4.90 Å². The van der Waals surface area contributed by atoms with Crippen LogP contribution in [-0.2, 0) is 6.54 Å². The van der Waals surface area contributed by atoms with E-state index in [1.807, 2.05) is 0 Å². The third-order valence-electron chi connectivity index (χ3n) is 3.20. The molecular weight excluding hydrogens is 220 g/mol. The van der Waals surface area contributed by atoms with Gasteiger partial charge in [-0.25, -0.2) is 4.39 Å². The number of hydrogen-bond acceptors (Lipinski definition) is 3. The van der Waals surface area contributed by atoms with Gasteiger partial charge >= 0.3 is 7.12 Å². The first-order valence-electron chi connectivity index (χ1n) is 6.03. The molecule has 92 valence electrons. The molecule has 2 N–H and O–H groups in total. The molecule has 1 heterocycles. The molecule has 0 radical (unpaired) electrons. The summed E-state index contributed by atoms with van der Waals surface area (Å²) in [5, 5.41) is 17.8. The molecule has 0 atom stereocenters. The molecule has 3 nitrogen and oxygen atoms in total. The molecule has 1 aromatic rings. The third-order valence-corrected chi connectivity index (χ3v) is 3.20. The van der Waals surface area contributed by atoms with E-state index in [4.69, 9.17) is 10.0 Å². The molecule has 0 spiro atoms. The summed E-state index contributed by atoms with van der Waals surface area (Å²) in [6, 6.07) is 4.59. The monoisotopic (exact) mass is 237 g/mol. The summed E-state index contributed by atoms with van der Waals surface area (Å²) in [7, 11) is -1.74. The van der Waals surface area contributed by atoms with Crippen LogP contribution in [0.25, 0.3) is 0 Å². The predicted octanol–water partition coefficient (Wildman–Crippen LogP) is 0.491. The van der Waals surface area contributed by atoms with Gasteiger partial charge in [0.15, 0.2) is 0 Å². The Morgan fingerprint density at radius 1 is 1.18 bits per heavy atom. The maximum Gasteiger partial charge on any atom is 0.491 e. The lowest BCUT2D eigenvalue weighted by Crippen LogP contribution is -2.33. The molecule has 1 aliphatic rings. The molecule has 0 saturated carbocycles. The summed E-state index contributed by atoms with van der Waals surface area (Å²) in [4.78, 5) is 2.30. The smallest absolute Gasteiger partial charge is 0.423 e. The fourth-order valence-corrected chi connectivity index (χ4v) is 2.25. The standard InChI is InChI=1S/C12H17BFNO2/c14-12-8-10(4-5-11(12)13(16)17)9-15-6-2-1-3-7-15/h4-5,8,16-17H,1-3,6-7,9H2. The number of benzene rings is 1.